The molecule has 0 spiro atoms. The number of halogens is 3. The second-order valence-electron chi connectivity index (χ2n) is 6.53. The van der Waals surface area contributed by atoms with Crippen LogP contribution in [0.1, 0.15) is 30.9 Å². The average molecular weight is 392 g/mol. The van der Waals surface area contributed by atoms with Crippen molar-refractivity contribution in [1.29, 1.82) is 0 Å². The van der Waals surface area contributed by atoms with Crippen molar-refractivity contribution in [1.82, 2.24) is 29.7 Å². The number of anilines is 3. The lowest BCUT2D eigenvalue weighted by Crippen LogP contribution is -2.30. The van der Waals surface area contributed by atoms with Crippen LogP contribution < -0.4 is 10.6 Å². The second kappa shape index (κ2) is 7.06. The average Bonchev–Trinajstić information content (AvgIpc) is 3.02. The van der Waals surface area contributed by atoms with E-state index in [1.165, 1.54) is 7.05 Å². The molecule has 0 fully saturated rings. The number of hydrogen-bond donors (Lipinski definition) is 2. The molecular formula is C17H19F3N8. The number of aromatic nitrogens is 6. The quantitative estimate of drug-likeness (QED) is 0.688. The van der Waals surface area contributed by atoms with Crippen LogP contribution in [0.5, 0.6) is 0 Å². The van der Waals surface area contributed by atoms with Crippen molar-refractivity contribution in [2.24, 2.45) is 0 Å². The zero-order chi connectivity index (χ0) is 20.5. The molecular weight excluding hydrogens is 373 g/mol. The molecule has 0 saturated heterocycles. The topological polar surface area (TPSA) is 93.4 Å². The predicted molar refractivity (Wildman–Crippen MR) is 97.3 cm³/mol. The first-order chi connectivity index (χ1) is 13.1. The number of aryl methyl sites for hydroxylation is 1. The molecule has 0 aliphatic heterocycles. The van der Waals surface area contributed by atoms with Crippen LogP contribution in [0.25, 0.3) is 0 Å². The Morgan fingerprint density at radius 3 is 2.36 bits per heavy atom. The highest BCUT2D eigenvalue weighted by atomic mass is 19.4. The summed E-state index contributed by atoms with van der Waals surface area (Å²) < 4.78 is 40.6. The highest BCUT2D eigenvalue weighted by Crippen LogP contribution is 2.34. The van der Waals surface area contributed by atoms with Gasteiger partial charge >= 0.3 is 6.18 Å². The fourth-order valence-corrected chi connectivity index (χ4v) is 2.55. The molecule has 3 aromatic heterocycles. The third-order valence-electron chi connectivity index (χ3n) is 4.16. The molecule has 3 aromatic rings. The van der Waals surface area contributed by atoms with E-state index in [0.29, 0.717) is 17.2 Å². The molecule has 11 heteroatoms. The molecule has 0 amide bonds. The van der Waals surface area contributed by atoms with Crippen molar-refractivity contribution in [2.45, 2.75) is 32.5 Å². The smallest absolute Gasteiger partial charge is 0.372 e. The van der Waals surface area contributed by atoms with Crippen molar-refractivity contribution < 1.29 is 13.2 Å². The number of nitrogens with one attached hydrogen (secondary N) is 2. The van der Waals surface area contributed by atoms with E-state index < -0.39 is 17.3 Å². The van der Waals surface area contributed by atoms with Gasteiger partial charge in [0.25, 0.3) is 0 Å². The van der Waals surface area contributed by atoms with Gasteiger partial charge in [-0.25, -0.2) is 15.0 Å². The maximum Gasteiger partial charge on any atom is 0.421 e. The molecule has 8 nitrogen and oxygen atoms in total. The van der Waals surface area contributed by atoms with Crippen LogP contribution in [0.15, 0.2) is 30.9 Å². The van der Waals surface area contributed by atoms with Crippen molar-refractivity contribution in [3.63, 3.8) is 0 Å². The summed E-state index contributed by atoms with van der Waals surface area (Å²) in [6.07, 6.45) is 1.20. The van der Waals surface area contributed by atoms with E-state index in [1.807, 2.05) is 13.8 Å². The molecule has 0 atom stereocenters. The Balaban J connectivity index is 1.91. The molecule has 0 aliphatic rings. The van der Waals surface area contributed by atoms with Crippen molar-refractivity contribution in [3.8, 4) is 0 Å². The first-order valence-electron chi connectivity index (χ1n) is 8.36. The van der Waals surface area contributed by atoms with Gasteiger partial charge in [0.2, 0.25) is 5.95 Å². The molecule has 28 heavy (non-hydrogen) atoms. The zero-order valence-electron chi connectivity index (χ0n) is 15.7. The molecule has 0 unspecified atom stereocenters. The zero-order valence-corrected chi connectivity index (χ0v) is 15.7. The lowest BCUT2D eigenvalue weighted by Gasteiger charge is -2.23. The summed E-state index contributed by atoms with van der Waals surface area (Å²) >= 11 is 0. The molecule has 0 aromatic carbocycles. The number of alkyl halides is 3. The van der Waals surface area contributed by atoms with Crippen LogP contribution in [0.2, 0.25) is 0 Å². The van der Waals surface area contributed by atoms with Gasteiger partial charge < -0.3 is 10.6 Å². The van der Waals surface area contributed by atoms with Gasteiger partial charge in [0, 0.05) is 31.8 Å². The van der Waals surface area contributed by atoms with E-state index >= 15 is 0 Å². The Morgan fingerprint density at radius 1 is 1.07 bits per heavy atom. The largest absolute Gasteiger partial charge is 0.421 e. The van der Waals surface area contributed by atoms with E-state index in [0.717, 1.165) is 6.20 Å². The summed E-state index contributed by atoms with van der Waals surface area (Å²) in [4.78, 5) is 16.2. The van der Waals surface area contributed by atoms with E-state index in [2.05, 4.69) is 35.7 Å². The van der Waals surface area contributed by atoms with Gasteiger partial charge in [-0.1, -0.05) is 0 Å². The summed E-state index contributed by atoms with van der Waals surface area (Å²) in [5, 5.41) is 9.84. The van der Waals surface area contributed by atoms with E-state index in [4.69, 9.17) is 0 Å². The van der Waals surface area contributed by atoms with Gasteiger partial charge in [-0.2, -0.15) is 23.3 Å². The molecule has 0 radical (unpaired) electrons. The van der Waals surface area contributed by atoms with Crippen LogP contribution in [0.4, 0.5) is 30.6 Å². The monoisotopic (exact) mass is 392 g/mol. The van der Waals surface area contributed by atoms with Crippen LogP contribution in [0.3, 0.4) is 0 Å². The van der Waals surface area contributed by atoms with Gasteiger partial charge in [0.05, 0.1) is 11.4 Å². The van der Waals surface area contributed by atoms with E-state index in [9.17, 15) is 13.2 Å². The lowest BCUT2D eigenvalue weighted by atomic mass is 10.1. The van der Waals surface area contributed by atoms with Crippen molar-refractivity contribution in [3.05, 3.63) is 47.9 Å². The summed E-state index contributed by atoms with van der Waals surface area (Å²) in [7, 11) is 1.37. The minimum absolute atomic E-state index is 0.0220. The van der Waals surface area contributed by atoms with Gasteiger partial charge in [0.1, 0.15) is 16.9 Å². The van der Waals surface area contributed by atoms with Gasteiger partial charge in [-0.05, 0) is 26.8 Å². The number of nitrogens with zero attached hydrogens (tertiary/aromatic N) is 6. The molecule has 3 heterocycles. The second-order valence-corrected chi connectivity index (χ2v) is 6.53. The molecule has 2 N–H and O–H groups in total. The van der Waals surface area contributed by atoms with Crippen LogP contribution in [-0.4, -0.2) is 36.8 Å². The number of rotatable bonds is 5. The molecule has 148 valence electrons. The fraction of sp³-hybridized carbons (Fsp3) is 0.353. The third-order valence-corrected chi connectivity index (χ3v) is 4.16. The molecule has 3 rings (SSSR count). The lowest BCUT2D eigenvalue weighted by molar-refractivity contribution is -0.137. The summed E-state index contributed by atoms with van der Waals surface area (Å²) in [6.45, 7) is 5.59. The minimum atomic E-state index is -4.54. The van der Waals surface area contributed by atoms with Crippen LogP contribution in [-0.2, 0) is 11.7 Å². The van der Waals surface area contributed by atoms with Crippen molar-refractivity contribution >= 4 is 17.5 Å². The van der Waals surface area contributed by atoms with Crippen LogP contribution in [0, 0.1) is 6.92 Å². The van der Waals surface area contributed by atoms with E-state index in [-0.39, 0.29) is 11.8 Å². The maximum atomic E-state index is 13.0. The minimum Gasteiger partial charge on any atom is -0.372 e. The summed E-state index contributed by atoms with van der Waals surface area (Å²) in [6, 6.07) is 1.72. The Morgan fingerprint density at radius 2 is 1.75 bits per heavy atom. The predicted octanol–water partition coefficient (Wildman–Crippen LogP) is 3.36. The maximum absolute atomic E-state index is 13.0. The first-order valence-corrected chi connectivity index (χ1v) is 8.36. The fourth-order valence-electron chi connectivity index (χ4n) is 2.55. The van der Waals surface area contributed by atoms with Gasteiger partial charge in [-0.3, -0.25) is 4.68 Å². The molecule has 0 saturated carbocycles. The highest BCUT2D eigenvalue weighted by Gasteiger charge is 2.35. The number of hydrogen-bond acceptors (Lipinski definition) is 7. The van der Waals surface area contributed by atoms with E-state index in [1.54, 1.807) is 36.3 Å². The molecule has 0 aliphatic carbocycles. The first kappa shape index (κ1) is 19.5. The summed E-state index contributed by atoms with van der Waals surface area (Å²) in [5.74, 6) is 0.286. The summed E-state index contributed by atoms with van der Waals surface area (Å²) in [5.41, 5.74) is -0.386. The SMILES string of the molecule is CNc1nc(Nc2cn(C(C)(C)c3ncccn3)nc2C)ncc1C(F)(F)F. The van der Waals surface area contributed by atoms with Crippen LogP contribution >= 0.6 is 0 Å². The Bertz CT molecular complexity index is 966. The Kier molecular flexibility index (Phi) is 4.92. The standard InChI is InChI=1S/C17H19F3N8/c1-10-12(9-28(27-10)16(2,3)14-22-6-5-7-23-14)25-15-24-8-11(17(18,19)20)13(21-4)26-15/h5-9H,1-4H3,(H2,21,24,25,26). The Labute approximate surface area is 159 Å². The van der Waals surface area contributed by atoms with Gasteiger partial charge in [-0.15, -0.1) is 0 Å². The normalized spacial score (nSPS) is 12.1. The van der Waals surface area contributed by atoms with Crippen molar-refractivity contribution in [2.75, 3.05) is 17.7 Å². The third kappa shape index (κ3) is 3.73. The molecule has 0 bridgehead atoms. The Hall–Kier alpha value is -3.24. The van der Waals surface area contributed by atoms with Gasteiger partial charge in [0.15, 0.2) is 5.82 Å². The highest BCUT2D eigenvalue weighted by molar-refractivity contribution is 5.58.